The van der Waals surface area contributed by atoms with E-state index in [1.807, 2.05) is 93.7 Å². The molecule has 0 saturated heterocycles. The van der Waals surface area contributed by atoms with Crippen LogP contribution in [0.3, 0.4) is 0 Å². The summed E-state index contributed by atoms with van der Waals surface area (Å²) >= 11 is 0. The van der Waals surface area contributed by atoms with Gasteiger partial charge in [-0.3, -0.25) is 15.0 Å². The molecule has 0 aliphatic carbocycles. The smallest absolute Gasteiger partial charge is 0.335 e. The van der Waals surface area contributed by atoms with Crippen molar-refractivity contribution in [3.63, 3.8) is 0 Å². The van der Waals surface area contributed by atoms with Crippen LogP contribution in [-0.2, 0) is 0 Å². The summed E-state index contributed by atoms with van der Waals surface area (Å²) in [6, 6.07) is 31.3. The van der Waals surface area contributed by atoms with E-state index in [0.717, 1.165) is 38.9 Å². The predicted molar refractivity (Wildman–Crippen MR) is 187 cm³/mol. The number of nitrogens with zero attached hydrogens (tertiary/aromatic N) is 2. The van der Waals surface area contributed by atoms with Gasteiger partial charge < -0.3 is 10.8 Å². The zero-order valence-electron chi connectivity index (χ0n) is 27.1. The molecular formula is C39H41N5O3. The van der Waals surface area contributed by atoms with E-state index in [-0.39, 0.29) is 17.7 Å². The molecule has 5 N–H and O–H groups in total. The molecule has 8 heteroatoms. The number of aromatic nitrogens is 4. The minimum atomic E-state index is -0.906. The van der Waals surface area contributed by atoms with E-state index < -0.39 is 5.97 Å². The van der Waals surface area contributed by atoms with Crippen LogP contribution < -0.4 is 5.73 Å². The Kier molecular flexibility index (Phi) is 12.1. The first-order valence-corrected chi connectivity index (χ1v) is 15.5. The second-order valence-corrected chi connectivity index (χ2v) is 11.5. The number of aromatic carboxylic acids is 1. The van der Waals surface area contributed by atoms with Crippen molar-refractivity contribution in [2.45, 2.75) is 46.1 Å². The molecule has 6 rings (SSSR count). The van der Waals surface area contributed by atoms with E-state index in [1.54, 1.807) is 36.8 Å². The molecule has 240 valence electrons. The van der Waals surface area contributed by atoms with Crippen molar-refractivity contribution in [3.8, 4) is 22.3 Å². The maximum atomic E-state index is 12.6. The van der Waals surface area contributed by atoms with Crippen LogP contribution in [0.1, 0.15) is 75.2 Å². The lowest BCUT2D eigenvalue weighted by Gasteiger charge is -2.12. The van der Waals surface area contributed by atoms with Crippen LogP contribution in [0.2, 0.25) is 0 Å². The van der Waals surface area contributed by atoms with Crippen molar-refractivity contribution < 1.29 is 14.7 Å². The Balaban J connectivity index is 0.000000178. The van der Waals surface area contributed by atoms with Crippen LogP contribution in [0.5, 0.6) is 0 Å². The minimum absolute atomic E-state index is 0.159. The number of Topliss-reactive ketones (excluding diaryl/α,β-unsaturated/α-hetero) is 1. The Labute approximate surface area is 275 Å². The summed E-state index contributed by atoms with van der Waals surface area (Å²) < 4.78 is 0. The molecule has 4 aromatic carbocycles. The number of hydrogen-bond acceptors (Lipinski definition) is 5. The van der Waals surface area contributed by atoms with Gasteiger partial charge in [0.1, 0.15) is 0 Å². The molecule has 2 aromatic heterocycles. The number of rotatable bonds is 8. The second-order valence-electron chi connectivity index (χ2n) is 11.5. The summed E-state index contributed by atoms with van der Waals surface area (Å²) in [6.07, 6.45) is 7.67. The van der Waals surface area contributed by atoms with Gasteiger partial charge in [0.25, 0.3) is 0 Å². The lowest BCUT2D eigenvalue weighted by molar-refractivity contribution is 0.0696. The van der Waals surface area contributed by atoms with Crippen molar-refractivity contribution in [1.82, 2.24) is 20.4 Å². The first-order chi connectivity index (χ1) is 22.6. The summed E-state index contributed by atoms with van der Waals surface area (Å²) in [7, 11) is 0. The lowest BCUT2D eigenvalue weighted by Crippen LogP contribution is -2.05. The number of hydrogen-bond donors (Lipinski definition) is 4. The third kappa shape index (κ3) is 9.69. The van der Waals surface area contributed by atoms with Gasteiger partial charge in [-0.1, -0.05) is 85.8 Å². The molecule has 0 bridgehead atoms. The molecule has 2 atom stereocenters. The Morgan fingerprint density at radius 1 is 0.702 bits per heavy atom. The summed E-state index contributed by atoms with van der Waals surface area (Å²) in [5, 5.41) is 22.2. The van der Waals surface area contributed by atoms with Crippen LogP contribution in [0.25, 0.3) is 22.3 Å². The highest BCUT2D eigenvalue weighted by Gasteiger charge is 2.14. The minimum Gasteiger partial charge on any atom is -0.478 e. The fourth-order valence-electron chi connectivity index (χ4n) is 5.13. The number of aryl methyl sites for hydroxylation is 2. The number of benzene rings is 4. The maximum absolute atomic E-state index is 12.6. The molecule has 6 aromatic rings. The Hall–Kier alpha value is -5.60. The van der Waals surface area contributed by atoms with Gasteiger partial charge in [-0.05, 0) is 78.3 Å². The van der Waals surface area contributed by atoms with Gasteiger partial charge in [0.05, 0.1) is 18.0 Å². The van der Waals surface area contributed by atoms with E-state index in [4.69, 9.17) is 10.8 Å². The first-order valence-electron chi connectivity index (χ1n) is 15.5. The van der Waals surface area contributed by atoms with Crippen molar-refractivity contribution in [2.75, 3.05) is 0 Å². The highest BCUT2D eigenvalue weighted by molar-refractivity contribution is 5.97. The number of nitrogens with one attached hydrogen (secondary N) is 2. The van der Waals surface area contributed by atoms with Crippen molar-refractivity contribution in [3.05, 3.63) is 155 Å². The third-order valence-electron chi connectivity index (χ3n) is 7.83. The third-order valence-corrected chi connectivity index (χ3v) is 7.83. The Bertz CT molecular complexity index is 1850. The molecule has 2 heterocycles. The summed E-state index contributed by atoms with van der Waals surface area (Å²) in [5.41, 5.74) is 15.2. The van der Waals surface area contributed by atoms with Crippen LogP contribution in [0, 0.1) is 13.8 Å². The highest BCUT2D eigenvalue weighted by atomic mass is 16.4. The number of carbonyl (C=O) groups is 2. The van der Waals surface area contributed by atoms with E-state index in [2.05, 4.69) is 39.5 Å². The lowest BCUT2D eigenvalue weighted by atomic mass is 9.91. The summed E-state index contributed by atoms with van der Waals surface area (Å²) in [4.78, 5) is 23.3. The van der Waals surface area contributed by atoms with Gasteiger partial charge in [0.15, 0.2) is 5.78 Å². The van der Waals surface area contributed by atoms with Crippen LogP contribution in [0.15, 0.2) is 122 Å². The standard InChI is InChI=1S/C20H20N2O.C11H10N2O2.C8H11N/c1-14(16-6-4-3-5-7-16)11-20(23)17-8-9-19(15(2)10-17)18-12-21-22-13-18;1-7-4-8(11(14)15)2-3-10(7)9-5-12-13-6-9;1-7(9)8-5-3-2-4-6-8/h3-10,12-14H,11H2,1-2H3,(H,21,22);2-6H,1H3,(H,12,13)(H,14,15);2-7H,9H2,1H3/t14-;;7-/m0.1/s1. The molecule has 0 unspecified atom stereocenters. The monoisotopic (exact) mass is 627 g/mol. The molecule has 0 radical (unpaired) electrons. The van der Waals surface area contributed by atoms with Gasteiger partial charge in [-0.2, -0.15) is 10.2 Å². The number of H-pyrrole nitrogens is 2. The first kappa shape index (κ1) is 34.3. The van der Waals surface area contributed by atoms with Gasteiger partial charge in [0, 0.05) is 41.5 Å². The van der Waals surface area contributed by atoms with E-state index in [0.29, 0.717) is 12.0 Å². The molecule has 0 aliphatic rings. The number of ketones is 1. The maximum Gasteiger partial charge on any atom is 0.335 e. The largest absolute Gasteiger partial charge is 0.478 e. The summed E-state index contributed by atoms with van der Waals surface area (Å²) in [6.45, 7) is 7.99. The zero-order chi connectivity index (χ0) is 33.8. The molecule has 0 aliphatic heterocycles. The number of carboxylic acid groups (broad SMARTS) is 1. The molecule has 8 nitrogen and oxygen atoms in total. The molecule has 0 saturated carbocycles. The van der Waals surface area contributed by atoms with Gasteiger partial charge in [-0.25, -0.2) is 4.79 Å². The number of nitrogens with two attached hydrogens (primary N) is 1. The fourth-order valence-corrected chi connectivity index (χ4v) is 5.13. The van der Waals surface area contributed by atoms with Crippen molar-refractivity contribution in [1.29, 1.82) is 0 Å². The highest BCUT2D eigenvalue weighted by Crippen LogP contribution is 2.26. The van der Waals surface area contributed by atoms with E-state index >= 15 is 0 Å². The van der Waals surface area contributed by atoms with Crippen LogP contribution in [0.4, 0.5) is 0 Å². The quantitative estimate of drug-likeness (QED) is 0.125. The van der Waals surface area contributed by atoms with Gasteiger partial charge in [-0.15, -0.1) is 0 Å². The Morgan fingerprint density at radius 2 is 1.17 bits per heavy atom. The van der Waals surface area contributed by atoms with Gasteiger partial charge in [0.2, 0.25) is 0 Å². The SMILES string of the molecule is C[C@@H](N)c1ccccc1.Cc1cc(C(=O)C[C@H](C)c2ccccc2)ccc1-c1cn[nH]c1.Cc1cc(C(=O)O)ccc1-c1cn[nH]c1. The zero-order valence-corrected chi connectivity index (χ0v) is 27.1. The number of carboxylic acids is 1. The number of carbonyl (C=O) groups excluding carboxylic acids is 1. The fraction of sp³-hybridized carbons (Fsp3) is 0.179. The number of aromatic amines is 2. The predicted octanol–water partition coefficient (Wildman–Crippen LogP) is 8.55. The molecule has 0 amide bonds. The molecular weight excluding hydrogens is 586 g/mol. The van der Waals surface area contributed by atoms with Gasteiger partial charge >= 0.3 is 5.97 Å². The molecule has 47 heavy (non-hydrogen) atoms. The Morgan fingerprint density at radius 3 is 1.57 bits per heavy atom. The second kappa shape index (κ2) is 16.6. The average Bonchev–Trinajstić information content (AvgIpc) is 3.82. The summed E-state index contributed by atoms with van der Waals surface area (Å²) in [5.74, 6) is -0.502. The molecule has 0 fully saturated rings. The topological polar surface area (TPSA) is 138 Å². The average molecular weight is 628 g/mol. The van der Waals surface area contributed by atoms with E-state index in [9.17, 15) is 9.59 Å². The van der Waals surface area contributed by atoms with Crippen molar-refractivity contribution >= 4 is 11.8 Å². The molecule has 0 spiro atoms. The van der Waals surface area contributed by atoms with Crippen molar-refractivity contribution in [2.24, 2.45) is 5.73 Å². The van der Waals surface area contributed by atoms with Crippen LogP contribution in [-0.4, -0.2) is 37.3 Å². The van der Waals surface area contributed by atoms with E-state index in [1.165, 1.54) is 11.1 Å². The normalized spacial score (nSPS) is 11.7. The van der Waals surface area contributed by atoms with Crippen LogP contribution >= 0.6 is 0 Å².